The van der Waals surface area contributed by atoms with Gasteiger partial charge in [0.15, 0.2) is 0 Å². The molecule has 3 nitrogen and oxygen atoms in total. The summed E-state index contributed by atoms with van der Waals surface area (Å²) in [5, 5.41) is 1.34. The highest BCUT2D eigenvalue weighted by molar-refractivity contribution is 5.84. The maximum atomic E-state index is 6.25. The Hall–Kier alpha value is -1.32. The second kappa shape index (κ2) is 7.97. The molecule has 0 radical (unpaired) electrons. The zero-order chi connectivity index (χ0) is 19.0. The van der Waals surface area contributed by atoms with Crippen molar-refractivity contribution in [1.29, 1.82) is 0 Å². The first kappa shape index (κ1) is 19.0. The van der Waals surface area contributed by atoms with Gasteiger partial charge in [-0.1, -0.05) is 32.0 Å². The summed E-state index contributed by atoms with van der Waals surface area (Å²) in [4.78, 5) is 2.80. The van der Waals surface area contributed by atoms with Crippen molar-refractivity contribution in [2.24, 2.45) is 17.6 Å². The van der Waals surface area contributed by atoms with Crippen molar-refractivity contribution >= 4 is 10.9 Å². The number of benzene rings is 1. The second-order valence-corrected chi connectivity index (χ2v) is 9.38. The van der Waals surface area contributed by atoms with Crippen molar-refractivity contribution in [1.82, 2.24) is 9.47 Å². The van der Waals surface area contributed by atoms with Crippen molar-refractivity contribution in [3.05, 3.63) is 36.0 Å². The van der Waals surface area contributed by atoms with Gasteiger partial charge in [0, 0.05) is 48.3 Å². The van der Waals surface area contributed by atoms with E-state index in [0.29, 0.717) is 6.04 Å². The first-order valence-corrected chi connectivity index (χ1v) is 11.1. The molecule has 27 heavy (non-hydrogen) atoms. The van der Waals surface area contributed by atoms with E-state index in [1.807, 2.05) is 0 Å². The van der Waals surface area contributed by atoms with E-state index in [1.165, 1.54) is 68.1 Å². The lowest BCUT2D eigenvalue weighted by atomic mass is 9.79. The molecule has 2 N–H and O–H groups in total. The van der Waals surface area contributed by atoms with E-state index in [9.17, 15) is 0 Å². The van der Waals surface area contributed by atoms with Crippen LogP contribution in [0.1, 0.15) is 76.9 Å². The van der Waals surface area contributed by atoms with Crippen molar-refractivity contribution in [2.45, 2.75) is 77.4 Å². The lowest BCUT2D eigenvalue weighted by Gasteiger charge is -2.42. The zero-order valence-corrected chi connectivity index (χ0v) is 17.4. The molecule has 1 aliphatic carbocycles. The highest BCUT2D eigenvalue weighted by Gasteiger charge is 2.30. The highest BCUT2D eigenvalue weighted by Crippen LogP contribution is 2.36. The van der Waals surface area contributed by atoms with Crippen LogP contribution in [0.3, 0.4) is 0 Å². The summed E-state index contributed by atoms with van der Waals surface area (Å²) >= 11 is 0. The lowest BCUT2D eigenvalue weighted by Crippen LogP contribution is -2.43. The van der Waals surface area contributed by atoms with Gasteiger partial charge in [0.1, 0.15) is 0 Å². The van der Waals surface area contributed by atoms with E-state index < -0.39 is 0 Å². The molecular weight excluding hydrogens is 330 g/mol. The van der Waals surface area contributed by atoms with Gasteiger partial charge in [0.25, 0.3) is 0 Å². The Labute approximate surface area is 164 Å². The van der Waals surface area contributed by atoms with Crippen molar-refractivity contribution in [2.75, 3.05) is 13.1 Å². The van der Waals surface area contributed by atoms with Gasteiger partial charge >= 0.3 is 0 Å². The standard InChI is InChI=1S/C24H37N3/c1-17(2)19-8-10-20(11-9-19)26-14-12-21(13-15-26)27-16-23(18(3)25)22-6-4-5-7-24(22)27/h4-7,16-21H,8-15,25H2,1-3H3. The predicted octanol–water partition coefficient (Wildman–Crippen LogP) is 5.51. The average molecular weight is 368 g/mol. The second-order valence-electron chi connectivity index (χ2n) is 9.38. The van der Waals surface area contributed by atoms with Crippen LogP contribution in [-0.4, -0.2) is 28.6 Å². The number of piperidine rings is 1. The van der Waals surface area contributed by atoms with Crippen LogP contribution in [0.4, 0.5) is 0 Å². The third kappa shape index (κ3) is 3.82. The number of hydrogen-bond donors (Lipinski definition) is 1. The summed E-state index contributed by atoms with van der Waals surface area (Å²) in [5.74, 6) is 1.82. The number of aromatic nitrogens is 1. The molecular formula is C24H37N3. The number of likely N-dealkylation sites (tertiary alicyclic amines) is 1. The molecule has 2 heterocycles. The number of nitrogens with two attached hydrogens (primary N) is 1. The molecule has 0 amide bonds. The summed E-state index contributed by atoms with van der Waals surface area (Å²) in [7, 11) is 0. The largest absolute Gasteiger partial charge is 0.344 e. The maximum Gasteiger partial charge on any atom is 0.0486 e. The van der Waals surface area contributed by atoms with E-state index in [4.69, 9.17) is 5.73 Å². The van der Waals surface area contributed by atoms with E-state index in [2.05, 4.69) is 60.7 Å². The molecule has 1 aliphatic heterocycles. The monoisotopic (exact) mass is 367 g/mol. The Morgan fingerprint density at radius 3 is 2.19 bits per heavy atom. The molecule has 1 aromatic heterocycles. The normalized spacial score (nSPS) is 26.7. The van der Waals surface area contributed by atoms with Crippen molar-refractivity contribution < 1.29 is 0 Å². The van der Waals surface area contributed by atoms with Gasteiger partial charge in [-0.3, -0.25) is 0 Å². The molecule has 4 rings (SSSR count). The fourth-order valence-electron chi connectivity index (χ4n) is 5.56. The maximum absolute atomic E-state index is 6.25. The molecule has 0 bridgehead atoms. The molecule has 1 aromatic carbocycles. The molecule has 1 saturated heterocycles. The van der Waals surface area contributed by atoms with Gasteiger partial charge < -0.3 is 15.2 Å². The summed E-state index contributed by atoms with van der Waals surface area (Å²) in [6.07, 6.45) is 10.6. The molecule has 148 valence electrons. The van der Waals surface area contributed by atoms with Gasteiger partial charge in [0.05, 0.1) is 0 Å². The third-order valence-corrected chi connectivity index (χ3v) is 7.35. The van der Waals surface area contributed by atoms with Crippen LogP contribution in [0, 0.1) is 11.8 Å². The smallest absolute Gasteiger partial charge is 0.0486 e. The topological polar surface area (TPSA) is 34.2 Å². The van der Waals surface area contributed by atoms with Gasteiger partial charge in [-0.15, -0.1) is 0 Å². The van der Waals surface area contributed by atoms with Crippen LogP contribution in [0.15, 0.2) is 30.5 Å². The van der Waals surface area contributed by atoms with Crippen molar-refractivity contribution in [3.8, 4) is 0 Å². The van der Waals surface area contributed by atoms with E-state index in [1.54, 1.807) is 0 Å². The van der Waals surface area contributed by atoms with Crippen LogP contribution in [0.25, 0.3) is 10.9 Å². The summed E-state index contributed by atoms with van der Waals surface area (Å²) in [5.41, 5.74) is 8.91. The molecule has 2 aromatic rings. The van der Waals surface area contributed by atoms with Gasteiger partial charge in [-0.25, -0.2) is 0 Å². The zero-order valence-electron chi connectivity index (χ0n) is 17.4. The Bertz CT molecular complexity index is 744. The summed E-state index contributed by atoms with van der Waals surface area (Å²) < 4.78 is 2.53. The average Bonchev–Trinajstić information content (AvgIpc) is 3.08. The summed E-state index contributed by atoms with van der Waals surface area (Å²) in [6.45, 7) is 9.40. The molecule has 3 heteroatoms. The van der Waals surface area contributed by atoms with E-state index >= 15 is 0 Å². The molecule has 2 fully saturated rings. The van der Waals surface area contributed by atoms with Crippen LogP contribution in [0.5, 0.6) is 0 Å². The number of para-hydroxylation sites is 1. The number of fused-ring (bicyclic) bond motifs is 1. The Kier molecular flexibility index (Phi) is 5.61. The minimum atomic E-state index is 0.0902. The lowest BCUT2D eigenvalue weighted by molar-refractivity contribution is 0.0893. The van der Waals surface area contributed by atoms with Gasteiger partial charge in [0.2, 0.25) is 0 Å². The van der Waals surface area contributed by atoms with E-state index in [-0.39, 0.29) is 6.04 Å². The molecule has 2 aliphatic rings. The predicted molar refractivity (Wildman–Crippen MR) is 115 cm³/mol. The molecule has 1 unspecified atom stereocenters. The van der Waals surface area contributed by atoms with Gasteiger partial charge in [-0.05, 0) is 68.9 Å². The Morgan fingerprint density at radius 2 is 1.56 bits per heavy atom. The fraction of sp³-hybridized carbons (Fsp3) is 0.667. The summed E-state index contributed by atoms with van der Waals surface area (Å²) in [6, 6.07) is 10.3. The van der Waals surface area contributed by atoms with Crippen LogP contribution >= 0.6 is 0 Å². The highest BCUT2D eigenvalue weighted by atomic mass is 15.2. The fourth-order valence-corrected chi connectivity index (χ4v) is 5.56. The van der Waals surface area contributed by atoms with Crippen LogP contribution in [-0.2, 0) is 0 Å². The quantitative estimate of drug-likeness (QED) is 0.773. The number of nitrogens with zero attached hydrogens (tertiary/aromatic N) is 2. The third-order valence-electron chi connectivity index (χ3n) is 7.35. The van der Waals surface area contributed by atoms with Crippen molar-refractivity contribution in [3.63, 3.8) is 0 Å². The van der Waals surface area contributed by atoms with Crippen LogP contribution < -0.4 is 5.73 Å². The Morgan fingerprint density at radius 1 is 0.889 bits per heavy atom. The number of rotatable bonds is 4. The first-order valence-electron chi connectivity index (χ1n) is 11.1. The van der Waals surface area contributed by atoms with Gasteiger partial charge in [-0.2, -0.15) is 0 Å². The minimum absolute atomic E-state index is 0.0902. The van der Waals surface area contributed by atoms with E-state index in [0.717, 1.165) is 17.9 Å². The SMILES string of the molecule is CC(N)c1cn(C2CCN(C3CCC(C(C)C)CC3)CC2)c2ccccc12. The minimum Gasteiger partial charge on any atom is -0.344 e. The molecule has 1 atom stereocenters. The number of hydrogen-bond acceptors (Lipinski definition) is 2. The molecule has 0 spiro atoms. The molecule has 1 saturated carbocycles. The van der Waals surface area contributed by atoms with Crippen LogP contribution in [0.2, 0.25) is 0 Å². The Balaban J connectivity index is 1.42. The first-order chi connectivity index (χ1) is 13.0.